The summed E-state index contributed by atoms with van der Waals surface area (Å²) >= 11 is 0. The highest BCUT2D eigenvalue weighted by Gasteiger charge is 2.43. The van der Waals surface area contributed by atoms with E-state index in [1.807, 2.05) is 0 Å². The van der Waals surface area contributed by atoms with E-state index in [0.29, 0.717) is 27.7 Å². The number of aromatic nitrogens is 4. The Labute approximate surface area is 207 Å². The molecule has 3 heterocycles. The van der Waals surface area contributed by atoms with E-state index in [0.717, 1.165) is 0 Å². The van der Waals surface area contributed by atoms with Crippen LogP contribution in [0.1, 0.15) is 37.1 Å². The second kappa shape index (κ2) is 8.79. The first kappa shape index (κ1) is 24.6. The molecule has 5 rings (SSSR count). The molecule has 2 aromatic carbocycles. The molecule has 12 heteroatoms. The molecule has 1 aliphatic heterocycles. The number of nitrogens with one attached hydrogen (secondary N) is 2. The summed E-state index contributed by atoms with van der Waals surface area (Å²) in [6, 6.07) is 10.1. The van der Waals surface area contributed by atoms with Crippen molar-refractivity contribution in [2.24, 2.45) is 0 Å². The number of hydrogen-bond acceptors (Lipinski definition) is 5. The molecule has 37 heavy (non-hydrogen) atoms. The van der Waals surface area contributed by atoms with Gasteiger partial charge in [0, 0.05) is 18.4 Å². The van der Waals surface area contributed by atoms with Gasteiger partial charge in [-0.3, -0.25) is 4.79 Å². The Kier molecular flexibility index (Phi) is 5.84. The number of halogens is 5. The lowest BCUT2D eigenvalue weighted by atomic mass is 9.87. The highest BCUT2D eigenvalue weighted by atomic mass is 19.4. The number of alkyl halides is 3. The molecule has 0 atom stereocenters. The molecule has 0 saturated carbocycles. The summed E-state index contributed by atoms with van der Waals surface area (Å²) in [5.41, 5.74) is 0.325. The summed E-state index contributed by atoms with van der Waals surface area (Å²) in [6.45, 7) is 2.76. The Hall–Kier alpha value is -4.09. The summed E-state index contributed by atoms with van der Waals surface area (Å²) in [4.78, 5) is 21.4. The summed E-state index contributed by atoms with van der Waals surface area (Å²) in [7, 11) is 0. The first-order chi connectivity index (χ1) is 17.4. The Balaban J connectivity index is 1.64. The van der Waals surface area contributed by atoms with E-state index in [2.05, 4.69) is 25.7 Å². The first-order valence-corrected chi connectivity index (χ1v) is 11.4. The molecular weight excluding hydrogens is 495 g/mol. The van der Waals surface area contributed by atoms with Gasteiger partial charge in [0.15, 0.2) is 0 Å². The second-order valence-corrected chi connectivity index (χ2v) is 9.26. The average Bonchev–Trinajstić information content (AvgIpc) is 3.27. The molecular formula is C25H21F5N6O. The van der Waals surface area contributed by atoms with Crippen molar-refractivity contribution in [2.75, 3.05) is 17.2 Å². The van der Waals surface area contributed by atoms with E-state index in [1.54, 1.807) is 32.0 Å². The topological polar surface area (TPSA) is 84.7 Å². The highest BCUT2D eigenvalue weighted by Crippen LogP contribution is 2.41. The van der Waals surface area contributed by atoms with Crippen LogP contribution in [-0.4, -0.2) is 38.4 Å². The molecule has 0 aliphatic carbocycles. The molecule has 0 unspecified atom stereocenters. The van der Waals surface area contributed by atoms with Gasteiger partial charge in [0.2, 0.25) is 5.91 Å². The van der Waals surface area contributed by atoms with Crippen molar-refractivity contribution in [3.8, 4) is 5.95 Å². The van der Waals surface area contributed by atoms with Crippen molar-refractivity contribution in [2.45, 2.75) is 38.3 Å². The predicted octanol–water partition coefficient (Wildman–Crippen LogP) is 5.28. The van der Waals surface area contributed by atoms with Gasteiger partial charge in [-0.15, -0.1) is 0 Å². The zero-order valence-electron chi connectivity index (χ0n) is 19.7. The van der Waals surface area contributed by atoms with Crippen LogP contribution in [0, 0.1) is 11.6 Å². The summed E-state index contributed by atoms with van der Waals surface area (Å²) < 4.78 is 68.2. The van der Waals surface area contributed by atoms with Gasteiger partial charge >= 0.3 is 6.18 Å². The van der Waals surface area contributed by atoms with Gasteiger partial charge in [-0.05, 0) is 43.7 Å². The number of hydrogen-bond donors (Lipinski definition) is 2. The van der Waals surface area contributed by atoms with E-state index in [9.17, 15) is 26.7 Å². The smallest absolute Gasteiger partial charge is 0.369 e. The van der Waals surface area contributed by atoms with Crippen molar-refractivity contribution in [3.63, 3.8) is 0 Å². The van der Waals surface area contributed by atoms with E-state index in [1.165, 1.54) is 28.9 Å². The lowest BCUT2D eigenvalue weighted by Crippen LogP contribution is -2.28. The zero-order chi connectivity index (χ0) is 26.5. The molecule has 0 bridgehead atoms. The molecule has 7 nitrogen and oxygen atoms in total. The standard InChI is InChI=1S/C25H21F5N6O/c1-24(2)19-20(31-10-9-25(28,29)30)33-23(34-21(19)32-22(24)37)36-18-8-7-14(26)12-15(18)17(35-36)11-13-5-3-4-6-16(13)27/h3-8,12H,9-11H2,1-2H3,(H2,31,32,33,34,37). The third-order valence-corrected chi connectivity index (χ3v) is 6.25. The largest absolute Gasteiger partial charge is 0.390 e. The molecule has 1 amide bonds. The molecule has 0 spiro atoms. The van der Waals surface area contributed by atoms with Crippen molar-refractivity contribution < 1.29 is 26.7 Å². The average molecular weight is 516 g/mol. The van der Waals surface area contributed by atoms with E-state index < -0.39 is 36.2 Å². The predicted molar refractivity (Wildman–Crippen MR) is 127 cm³/mol. The molecule has 0 saturated heterocycles. The van der Waals surface area contributed by atoms with Crippen LogP contribution in [-0.2, 0) is 16.6 Å². The Morgan fingerprint density at radius 3 is 2.57 bits per heavy atom. The maximum Gasteiger partial charge on any atom is 0.390 e. The van der Waals surface area contributed by atoms with Gasteiger partial charge in [-0.25, -0.2) is 8.78 Å². The maximum atomic E-state index is 14.3. The van der Waals surface area contributed by atoms with Crippen LogP contribution < -0.4 is 10.6 Å². The molecule has 192 valence electrons. The fourth-order valence-electron chi connectivity index (χ4n) is 4.31. The van der Waals surface area contributed by atoms with Crippen molar-refractivity contribution >= 4 is 28.4 Å². The molecule has 0 radical (unpaired) electrons. The highest BCUT2D eigenvalue weighted by molar-refractivity contribution is 6.06. The first-order valence-electron chi connectivity index (χ1n) is 11.4. The molecule has 2 aromatic heterocycles. The van der Waals surface area contributed by atoms with E-state index in [4.69, 9.17) is 0 Å². The van der Waals surface area contributed by atoms with Crippen LogP contribution in [0.2, 0.25) is 0 Å². The third-order valence-electron chi connectivity index (χ3n) is 6.25. The molecule has 4 aromatic rings. The number of carbonyl (C=O) groups excluding carboxylic acids is 1. The normalized spacial score (nSPS) is 14.6. The van der Waals surface area contributed by atoms with Gasteiger partial charge in [-0.2, -0.15) is 32.9 Å². The summed E-state index contributed by atoms with van der Waals surface area (Å²) in [5, 5.41) is 10.2. The fourth-order valence-corrected chi connectivity index (χ4v) is 4.31. The molecule has 2 N–H and O–H groups in total. The van der Waals surface area contributed by atoms with Gasteiger partial charge < -0.3 is 10.6 Å². The quantitative estimate of drug-likeness (QED) is 0.341. The number of anilines is 2. The minimum Gasteiger partial charge on any atom is -0.369 e. The van der Waals surface area contributed by atoms with Crippen LogP contribution >= 0.6 is 0 Å². The molecule has 0 fully saturated rings. The van der Waals surface area contributed by atoms with Gasteiger partial charge in [0.25, 0.3) is 5.95 Å². The van der Waals surface area contributed by atoms with Crippen LogP contribution in [0.15, 0.2) is 42.5 Å². The van der Waals surface area contributed by atoms with Crippen LogP contribution in [0.4, 0.5) is 33.6 Å². The number of fused-ring (bicyclic) bond motifs is 2. The maximum absolute atomic E-state index is 14.3. The Morgan fingerprint density at radius 1 is 1.08 bits per heavy atom. The van der Waals surface area contributed by atoms with E-state index >= 15 is 0 Å². The number of amides is 1. The zero-order valence-corrected chi connectivity index (χ0v) is 19.7. The second-order valence-electron chi connectivity index (χ2n) is 9.26. The number of rotatable bonds is 6. The van der Waals surface area contributed by atoms with Crippen molar-refractivity contribution in [1.82, 2.24) is 19.7 Å². The number of benzene rings is 2. The van der Waals surface area contributed by atoms with Crippen molar-refractivity contribution in [1.29, 1.82) is 0 Å². The third kappa shape index (κ3) is 4.58. The Bertz CT molecular complexity index is 1530. The van der Waals surface area contributed by atoms with Gasteiger partial charge in [0.1, 0.15) is 23.3 Å². The van der Waals surface area contributed by atoms with Crippen LogP contribution in [0.3, 0.4) is 0 Å². The minimum absolute atomic E-state index is 0.0467. The SMILES string of the molecule is CC1(C)C(=O)Nc2nc(-n3nc(Cc4ccccc4F)c4cc(F)ccc43)nc(NCCC(F)(F)F)c21. The van der Waals surface area contributed by atoms with Crippen LogP contribution in [0.5, 0.6) is 0 Å². The monoisotopic (exact) mass is 516 g/mol. The number of carbonyl (C=O) groups is 1. The Morgan fingerprint density at radius 2 is 1.84 bits per heavy atom. The summed E-state index contributed by atoms with van der Waals surface area (Å²) in [6.07, 6.45) is -5.45. The van der Waals surface area contributed by atoms with Gasteiger partial charge in [0.05, 0.1) is 28.6 Å². The van der Waals surface area contributed by atoms with E-state index in [-0.39, 0.29) is 29.9 Å². The summed E-state index contributed by atoms with van der Waals surface area (Å²) in [5.74, 6) is -1.23. The van der Waals surface area contributed by atoms with Crippen LogP contribution in [0.25, 0.3) is 16.9 Å². The van der Waals surface area contributed by atoms with Crippen molar-refractivity contribution in [3.05, 3.63) is 70.9 Å². The molecule has 1 aliphatic rings. The lowest BCUT2D eigenvalue weighted by Gasteiger charge is -2.19. The minimum atomic E-state index is -4.39. The number of nitrogens with zero attached hydrogens (tertiary/aromatic N) is 4. The lowest BCUT2D eigenvalue weighted by molar-refractivity contribution is -0.131. The fraction of sp³-hybridized carbons (Fsp3) is 0.280. The van der Waals surface area contributed by atoms with Gasteiger partial charge in [-0.1, -0.05) is 18.2 Å².